The second kappa shape index (κ2) is 8.08. The number of hydrogen-bond acceptors (Lipinski definition) is 6. The molecule has 0 bridgehead atoms. The Morgan fingerprint density at radius 3 is 2.47 bits per heavy atom. The van der Waals surface area contributed by atoms with E-state index < -0.39 is 5.60 Å². The van der Waals surface area contributed by atoms with Crippen molar-refractivity contribution in [2.45, 2.75) is 57.5 Å². The van der Waals surface area contributed by atoms with Crippen LogP contribution in [-0.2, 0) is 0 Å². The van der Waals surface area contributed by atoms with Gasteiger partial charge >= 0.3 is 0 Å². The summed E-state index contributed by atoms with van der Waals surface area (Å²) in [5.74, 6) is 1.71. The van der Waals surface area contributed by atoms with Crippen LogP contribution in [0, 0.1) is 6.92 Å². The van der Waals surface area contributed by atoms with Gasteiger partial charge in [-0.15, -0.1) is 0 Å². The Labute approximate surface area is 197 Å². The van der Waals surface area contributed by atoms with E-state index in [1.54, 1.807) is 24.3 Å². The SMILES string of the molecule is Cc1c(C(=O)Nc2ccc3c(c2)OCCO3)oc2ccc3c(c12)C(=O)CC1(CCCCCC1)O3. The molecule has 1 spiro atoms. The first-order valence-corrected chi connectivity index (χ1v) is 12.0. The number of aryl methyl sites for hydroxylation is 1. The van der Waals surface area contributed by atoms with Crippen LogP contribution in [-0.4, -0.2) is 30.5 Å². The molecule has 1 amide bonds. The van der Waals surface area contributed by atoms with Crippen molar-refractivity contribution in [3.05, 3.63) is 47.2 Å². The molecule has 3 aromatic rings. The Bertz CT molecular complexity index is 1300. The Morgan fingerprint density at radius 2 is 1.68 bits per heavy atom. The van der Waals surface area contributed by atoms with Gasteiger partial charge in [0.05, 0.1) is 12.0 Å². The van der Waals surface area contributed by atoms with Crippen molar-refractivity contribution in [2.24, 2.45) is 0 Å². The zero-order valence-corrected chi connectivity index (χ0v) is 19.2. The second-order valence-electron chi connectivity index (χ2n) is 9.48. The molecule has 1 aromatic heterocycles. The second-order valence-corrected chi connectivity index (χ2v) is 9.48. The molecule has 3 aliphatic rings. The number of anilines is 1. The Balaban J connectivity index is 1.33. The molecule has 3 heterocycles. The van der Waals surface area contributed by atoms with E-state index in [4.69, 9.17) is 18.6 Å². The number of Topliss-reactive ketones (excluding diaryl/α,β-unsaturated/α-hetero) is 1. The zero-order valence-electron chi connectivity index (χ0n) is 19.2. The van der Waals surface area contributed by atoms with E-state index in [1.165, 1.54) is 12.8 Å². The number of benzene rings is 2. The fraction of sp³-hybridized carbons (Fsp3) is 0.407. The molecule has 2 aromatic carbocycles. The molecular formula is C27H27NO6. The van der Waals surface area contributed by atoms with Gasteiger partial charge in [0.25, 0.3) is 5.91 Å². The largest absolute Gasteiger partial charge is 0.486 e. The minimum atomic E-state index is -0.398. The lowest BCUT2D eigenvalue weighted by molar-refractivity contribution is 0.0301. The maximum atomic E-state index is 13.4. The van der Waals surface area contributed by atoms with E-state index in [0.717, 1.165) is 25.7 Å². The summed E-state index contributed by atoms with van der Waals surface area (Å²) < 4.78 is 23.6. The highest BCUT2D eigenvalue weighted by atomic mass is 16.6. The lowest BCUT2D eigenvalue weighted by atomic mass is 9.83. The van der Waals surface area contributed by atoms with Gasteiger partial charge in [-0.3, -0.25) is 9.59 Å². The van der Waals surface area contributed by atoms with Gasteiger partial charge < -0.3 is 23.9 Å². The molecule has 7 nitrogen and oxygen atoms in total. The lowest BCUT2D eigenvalue weighted by Crippen LogP contribution is -2.41. The highest BCUT2D eigenvalue weighted by Crippen LogP contribution is 2.45. The van der Waals surface area contributed by atoms with E-state index in [1.807, 2.05) is 13.0 Å². The predicted molar refractivity (Wildman–Crippen MR) is 126 cm³/mol. The summed E-state index contributed by atoms with van der Waals surface area (Å²) in [6, 6.07) is 8.87. The Kier molecular flexibility index (Phi) is 5.01. The number of hydrogen-bond donors (Lipinski definition) is 1. The standard InChI is InChI=1S/C27H27NO6/c1-16-23-20(8-9-21-24(23)18(29)15-27(34-21)10-4-2-3-5-11-27)33-25(16)26(30)28-17-6-7-19-22(14-17)32-13-12-31-19/h6-9,14H,2-5,10-13,15H2,1H3,(H,28,30). The van der Waals surface area contributed by atoms with Crippen molar-refractivity contribution in [3.63, 3.8) is 0 Å². The number of ether oxygens (including phenoxy) is 3. The van der Waals surface area contributed by atoms with Gasteiger partial charge in [0.1, 0.15) is 30.1 Å². The number of fused-ring (bicyclic) bond motifs is 4. The molecule has 0 unspecified atom stereocenters. The summed E-state index contributed by atoms with van der Waals surface area (Å²) >= 11 is 0. The quantitative estimate of drug-likeness (QED) is 0.517. The minimum absolute atomic E-state index is 0.0662. The molecule has 1 aliphatic carbocycles. The van der Waals surface area contributed by atoms with Crippen molar-refractivity contribution in [3.8, 4) is 17.2 Å². The smallest absolute Gasteiger partial charge is 0.291 e. The van der Waals surface area contributed by atoms with Gasteiger partial charge in [-0.2, -0.15) is 0 Å². The van der Waals surface area contributed by atoms with Crippen LogP contribution in [0.5, 0.6) is 17.2 Å². The first-order chi connectivity index (χ1) is 16.5. The number of nitrogens with one attached hydrogen (secondary N) is 1. The normalized spacial score (nSPS) is 18.8. The first-order valence-electron chi connectivity index (χ1n) is 12.0. The molecule has 7 heteroatoms. The van der Waals surface area contributed by atoms with Crippen LogP contribution < -0.4 is 19.5 Å². The third kappa shape index (κ3) is 3.50. The van der Waals surface area contributed by atoms with Gasteiger partial charge in [0, 0.05) is 22.7 Å². The minimum Gasteiger partial charge on any atom is -0.486 e. The number of carbonyl (C=O) groups is 2. The van der Waals surface area contributed by atoms with Gasteiger partial charge in [-0.05, 0) is 56.9 Å². The van der Waals surface area contributed by atoms with E-state index in [2.05, 4.69) is 5.32 Å². The van der Waals surface area contributed by atoms with Crippen LogP contribution in [0.1, 0.15) is 71.4 Å². The van der Waals surface area contributed by atoms with E-state index in [-0.39, 0.29) is 17.5 Å². The number of furan rings is 1. The van der Waals surface area contributed by atoms with Crippen LogP contribution in [0.25, 0.3) is 11.0 Å². The molecule has 0 radical (unpaired) electrons. The van der Waals surface area contributed by atoms with E-state index >= 15 is 0 Å². The molecular weight excluding hydrogens is 434 g/mol. The molecule has 1 fully saturated rings. The topological polar surface area (TPSA) is 87.0 Å². The number of rotatable bonds is 2. The van der Waals surface area contributed by atoms with Gasteiger partial charge in [-0.1, -0.05) is 12.8 Å². The average molecular weight is 462 g/mol. The molecule has 176 valence electrons. The zero-order chi connectivity index (χ0) is 23.3. The first kappa shape index (κ1) is 21.1. The summed E-state index contributed by atoms with van der Waals surface area (Å²) in [5, 5.41) is 3.54. The van der Waals surface area contributed by atoms with Crippen LogP contribution in [0.15, 0.2) is 34.7 Å². The number of amides is 1. The highest BCUT2D eigenvalue weighted by molar-refractivity contribution is 6.14. The van der Waals surface area contributed by atoms with Crippen LogP contribution in [0.2, 0.25) is 0 Å². The van der Waals surface area contributed by atoms with Gasteiger partial charge in [0.2, 0.25) is 0 Å². The third-order valence-electron chi connectivity index (χ3n) is 7.17. The molecule has 0 atom stereocenters. The summed E-state index contributed by atoms with van der Waals surface area (Å²) in [6.07, 6.45) is 6.73. The third-order valence-corrected chi connectivity index (χ3v) is 7.17. The summed E-state index contributed by atoms with van der Waals surface area (Å²) in [5.41, 5.74) is 1.86. The maximum Gasteiger partial charge on any atom is 0.291 e. The highest BCUT2D eigenvalue weighted by Gasteiger charge is 2.42. The van der Waals surface area contributed by atoms with Crippen LogP contribution in [0.3, 0.4) is 0 Å². The fourth-order valence-corrected chi connectivity index (χ4v) is 5.51. The van der Waals surface area contributed by atoms with E-state index in [0.29, 0.717) is 64.7 Å². The Hall–Kier alpha value is -3.48. The Morgan fingerprint density at radius 1 is 0.941 bits per heavy atom. The average Bonchev–Trinajstić information content (AvgIpc) is 3.01. The molecule has 6 rings (SSSR count). The summed E-state index contributed by atoms with van der Waals surface area (Å²) in [4.78, 5) is 26.5. The molecule has 1 saturated carbocycles. The van der Waals surface area contributed by atoms with E-state index in [9.17, 15) is 9.59 Å². The maximum absolute atomic E-state index is 13.4. The van der Waals surface area contributed by atoms with Crippen molar-refractivity contribution < 1.29 is 28.2 Å². The molecule has 2 aliphatic heterocycles. The van der Waals surface area contributed by atoms with Crippen molar-refractivity contribution in [2.75, 3.05) is 18.5 Å². The summed E-state index contributed by atoms with van der Waals surface area (Å²) in [6.45, 7) is 2.79. The number of ketones is 1. The van der Waals surface area contributed by atoms with Crippen molar-refractivity contribution in [1.29, 1.82) is 0 Å². The van der Waals surface area contributed by atoms with Crippen LogP contribution in [0.4, 0.5) is 5.69 Å². The monoisotopic (exact) mass is 461 g/mol. The fourth-order valence-electron chi connectivity index (χ4n) is 5.51. The molecule has 34 heavy (non-hydrogen) atoms. The van der Waals surface area contributed by atoms with Gasteiger partial charge in [-0.25, -0.2) is 0 Å². The predicted octanol–water partition coefficient (Wildman–Crippen LogP) is 5.82. The number of carbonyl (C=O) groups excluding carboxylic acids is 2. The van der Waals surface area contributed by atoms with Crippen molar-refractivity contribution in [1.82, 2.24) is 0 Å². The lowest BCUT2D eigenvalue weighted by Gasteiger charge is -2.37. The molecule has 1 N–H and O–H groups in total. The van der Waals surface area contributed by atoms with Crippen LogP contribution >= 0.6 is 0 Å². The van der Waals surface area contributed by atoms with Crippen molar-refractivity contribution >= 4 is 28.3 Å². The molecule has 0 saturated heterocycles. The van der Waals surface area contributed by atoms with Gasteiger partial charge in [0.15, 0.2) is 23.0 Å². The summed E-state index contributed by atoms with van der Waals surface area (Å²) in [7, 11) is 0.